The minimum Gasteiger partial charge on any atom is -0.444 e. The molecule has 2 N–H and O–H groups in total. The zero-order valence-electron chi connectivity index (χ0n) is 14.6. The topological polar surface area (TPSA) is 110 Å². The first-order chi connectivity index (χ1) is 12.6. The molecule has 0 aliphatic heterocycles. The number of carbonyl (C=O) groups is 2. The van der Waals surface area contributed by atoms with Crippen molar-refractivity contribution in [1.82, 2.24) is 4.98 Å². The smallest absolute Gasteiger partial charge is 0.413 e. The molecule has 0 saturated heterocycles. The molecule has 0 fully saturated rings. The van der Waals surface area contributed by atoms with Crippen molar-refractivity contribution < 1.29 is 23.1 Å². The van der Waals surface area contributed by atoms with Crippen LogP contribution in [0.2, 0.25) is 0 Å². The third kappa shape index (κ3) is 5.78. The van der Waals surface area contributed by atoms with Gasteiger partial charge in [-0.25, -0.2) is 18.6 Å². The second kappa shape index (κ2) is 8.16. The minimum atomic E-state index is -1.48. The molecule has 0 aliphatic rings. The molecule has 0 saturated carbocycles. The molecule has 1 atom stereocenters. The standard InChI is InChI=1S/C16H16F2N4O4S/c1-16(2,3)26-15(24)21-14-19-7-11(27-14)12(22-25)13(23)20-8-4-5-9(17)10(18)6-8/h4-7,12H,1-3H3,(H,20,23)(H,19,21,24). The Morgan fingerprint density at radius 1 is 1.22 bits per heavy atom. The predicted octanol–water partition coefficient (Wildman–Crippen LogP) is 4.21. The van der Waals surface area contributed by atoms with Gasteiger partial charge in [0.25, 0.3) is 5.91 Å². The van der Waals surface area contributed by atoms with E-state index in [1.807, 2.05) is 0 Å². The largest absolute Gasteiger partial charge is 0.444 e. The lowest BCUT2D eigenvalue weighted by Gasteiger charge is -2.18. The van der Waals surface area contributed by atoms with Crippen LogP contribution in [0.5, 0.6) is 0 Å². The Balaban J connectivity index is 2.07. The zero-order valence-corrected chi connectivity index (χ0v) is 15.4. The molecule has 2 rings (SSSR count). The Morgan fingerprint density at radius 2 is 1.93 bits per heavy atom. The van der Waals surface area contributed by atoms with Gasteiger partial charge in [0.05, 0.1) is 4.88 Å². The van der Waals surface area contributed by atoms with Crippen molar-refractivity contribution in [2.75, 3.05) is 10.6 Å². The van der Waals surface area contributed by atoms with Crippen molar-refractivity contribution in [2.45, 2.75) is 32.4 Å². The number of nitroso groups, excluding NO2 is 1. The van der Waals surface area contributed by atoms with Gasteiger partial charge < -0.3 is 10.1 Å². The number of anilines is 2. The molecule has 0 aliphatic carbocycles. The summed E-state index contributed by atoms with van der Waals surface area (Å²) in [6, 6.07) is 1.27. The van der Waals surface area contributed by atoms with Gasteiger partial charge in [0.1, 0.15) is 5.60 Å². The molecule has 27 heavy (non-hydrogen) atoms. The number of hydrogen-bond acceptors (Lipinski definition) is 7. The second-order valence-corrected chi connectivity index (χ2v) is 7.38. The Hall–Kier alpha value is -2.95. The van der Waals surface area contributed by atoms with E-state index in [2.05, 4.69) is 20.8 Å². The van der Waals surface area contributed by atoms with Gasteiger partial charge in [-0.1, -0.05) is 16.5 Å². The fourth-order valence-electron chi connectivity index (χ4n) is 1.88. The molecule has 0 spiro atoms. The highest BCUT2D eigenvalue weighted by atomic mass is 32.1. The van der Waals surface area contributed by atoms with Crippen LogP contribution in [0.3, 0.4) is 0 Å². The molecule has 0 radical (unpaired) electrons. The third-order valence-corrected chi connectivity index (χ3v) is 3.91. The molecule has 144 valence electrons. The summed E-state index contributed by atoms with van der Waals surface area (Å²) in [5.74, 6) is -3.08. The molecule has 2 amide bonds. The number of carbonyl (C=O) groups excluding carboxylic acids is 2. The average Bonchev–Trinajstić information content (AvgIpc) is 2.97. The summed E-state index contributed by atoms with van der Waals surface area (Å²) >= 11 is 0.853. The second-order valence-electron chi connectivity index (χ2n) is 6.32. The molecule has 1 aromatic heterocycles. The third-order valence-electron chi connectivity index (χ3n) is 2.94. The van der Waals surface area contributed by atoms with Crippen LogP contribution >= 0.6 is 11.3 Å². The van der Waals surface area contributed by atoms with E-state index in [4.69, 9.17) is 4.74 Å². The number of nitrogens with zero attached hydrogens (tertiary/aromatic N) is 2. The summed E-state index contributed by atoms with van der Waals surface area (Å²) in [5.41, 5.74) is -0.745. The lowest BCUT2D eigenvalue weighted by molar-refractivity contribution is -0.117. The number of benzene rings is 1. The van der Waals surface area contributed by atoms with E-state index in [-0.39, 0.29) is 15.7 Å². The van der Waals surface area contributed by atoms with Gasteiger partial charge >= 0.3 is 6.09 Å². The number of rotatable bonds is 5. The highest BCUT2D eigenvalue weighted by Gasteiger charge is 2.25. The number of hydrogen-bond donors (Lipinski definition) is 2. The number of thiazole rings is 1. The molecule has 2 aromatic rings. The number of ether oxygens (including phenoxy) is 1. The summed E-state index contributed by atoms with van der Waals surface area (Å²) in [6.45, 7) is 5.07. The van der Waals surface area contributed by atoms with E-state index in [0.29, 0.717) is 0 Å². The SMILES string of the molecule is CC(C)(C)OC(=O)Nc1ncc(C(N=O)C(=O)Nc2ccc(F)c(F)c2)s1. The highest BCUT2D eigenvalue weighted by Crippen LogP contribution is 2.28. The van der Waals surface area contributed by atoms with Crippen LogP contribution in [0, 0.1) is 16.5 Å². The van der Waals surface area contributed by atoms with Crippen LogP contribution in [-0.2, 0) is 9.53 Å². The first-order valence-electron chi connectivity index (χ1n) is 7.63. The van der Waals surface area contributed by atoms with E-state index < -0.39 is 35.3 Å². The normalized spacial score (nSPS) is 12.2. The molecule has 8 nitrogen and oxygen atoms in total. The summed E-state index contributed by atoms with van der Waals surface area (Å²) in [6.07, 6.45) is 0.458. The van der Waals surface area contributed by atoms with Gasteiger partial charge in [-0.2, -0.15) is 0 Å². The average molecular weight is 398 g/mol. The van der Waals surface area contributed by atoms with Crippen molar-refractivity contribution in [1.29, 1.82) is 0 Å². The first kappa shape index (κ1) is 20.4. The Morgan fingerprint density at radius 3 is 2.52 bits per heavy atom. The number of nitrogens with one attached hydrogen (secondary N) is 2. The van der Waals surface area contributed by atoms with Gasteiger partial charge in [0.15, 0.2) is 16.8 Å². The van der Waals surface area contributed by atoms with Crippen LogP contribution in [0.25, 0.3) is 0 Å². The van der Waals surface area contributed by atoms with Crippen molar-refractivity contribution in [3.05, 3.63) is 45.8 Å². The highest BCUT2D eigenvalue weighted by molar-refractivity contribution is 7.15. The molecule has 1 heterocycles. The summed E-state index contributed by atoms with van der Waals surface area (Å²) in [4.78, 5) is 39.1. The van der Waals surface area contributed by atoms with Crippen molar-refractivity contribution in [3.63, 3.8) is 0 Å². The molecule has 0 bridgehead atoms. The van der Waals surface area contributed by atoms with Crippen LogP contribution in [0.4, 0.5) is 24.4 Å². The quantitative estimate of drug-likeness (QED) is 0.733. The fraction of sp³-hybridized carbons (Fsp3) is 0.312. The lowest BCUT2D eigenvalue weighted by atomic mass is 10.2. The lowest BCUT2D eigenvalue weighted by Crippen LogP contribution is -2.27. The summed E-state index contributed by atoms with van der Waals surface area (Å²) in [7, 11) is 0. The monoisotopic (exact) mass is 398 g/mol. The number of amides is 2. The van der Waals surface area contributed by atoms with Crippen LogP contribution < -0.4 is 10.6 Å². The Labute approximate surface area is 156 Å². The zero-order chi connectivity index (χ0) is 20.2. The summed E-state index contributed by atoms with van der Waals surface area (Å²) in [5, 5.41) is 7.50. The van der Waals surface area contributed by atoms with Gasteiger partial charge in [-0.05, 0) is 32.9 Å². The maximum Gasteiger partial charge on any atom is 0.413 e. The van der Waals surface area contributed by atoms with E-state index >= 15 is 0 Å². The van der Waals surface area contributed by atoms with Crippen LogP contribution in [0.1, 0.15) is 31.7 Å². The van der Waals surface area contributed by atoms with Gasteiger partial charge in [-0.15, -0.1) is 4.91 Å². The molecular formula is C16H16F2N4O4S. The van der Waals surface area contributed by atoms with E-state index in [9.17, 15) is 23.3 Å². The van der Waals surface area contributed by atoms with Crippen LogP contribution in [-0.4, -0.2) is 22.6 Å². The number of aromatic nitrogens is 1. The maximum absolute atomic E-state index is 13.2. The minimum absolute atomic E-state index is 0.0378. The van der Waals surface area contributed by atoms with Crippen LogP contribution in [0.15, 0.2) is 29.6 Å². The van der Waals surface area contributed by atoms with E-state index in [1.165, 1.54) is 6.20 Å². The van der Waals surface area contributed by atoms with E-state index in [1.54, 1.807) is 20.8 Å². The molecule has 1 aromatic carbocycles. The molecule has 1 unspecified atom stereocenters. The van der Waals surface area contributed by atoms with E-state index in [0.717, 1.165) is 29.5 Å². The number of halogens is 2. The Kier molecular flexibility index (Phi) is 6.16. The van der Waals surface area contributed by atoms with Crippen molar-refractivity contribution in [3.8, 4) is 0 Å². The van der Waals surface area contributed by atoms with Gasteiger partial charge in [-0.3, -0.25) is 10.1 Å². The predicted molar refractivity (Wildman–Crippen MR) is 95.5 cm³/mol. The fourth-order valence-corrected chi connectivity index (χ4v) is 2.71. The molecule has 11 heteroatoms. The molecular weight excluding hydrogens is 382 g/mol. The van der Waals surface area contributed by atoms with Crippen molar-refractivity contribution in [2.24, 2.45) is 5.18 Å². The van der Waals surface area contributed by atoms with Crippen molar-refractivity contribution >= 4 is 34.2 Å². The first-order valence-corrected chi connectivity index (χ1v) is 8.45. The maximum atomic E-state index is 13.2. The van der Waals surface area contributed by atoms with Gasteiger partial charge in [0, 0.05) is 18.0 Å². The Bertz CT molecular complexity index is 866. The van der Waals surface area contributed by atoms with Gasteiger partial charge in [0.2, 0.25) is 6.04 Å². The summed E-state index contributed by atoms with van der Waals surface area (Å²) < 4.78 is 31.2.